The van der Waals surface area contributed by atoms with E-state index in [9.17, 15) is 14.9 Å². The summed E-state index contributed by atoms with van der Waals surface area (Å²) in [6.07, 6.45) is 1.70. The number of nitrogens with zero attached hydrogens (tertiary/aromatic N) is 1. The molecule has 92 valence electrons. The summed E-state index contributed by atoms with van der Waals surface area (Å²) in [6, 6.07) is 3.69. The predicted octanol–water partition coefficient (Wildman–Crippen LogP) is 2.13. The summed E-state index contributed by atoms with van der Waals surface area (Å²) in [5.41, 5.74) is 5.63. The first kappa shape index (κ1) is 13.0. The molecule has 0 heterocycles. The topological polar surface area (TPSA) is 95.5 Å². The highest BCUT2D eigenvalue weighted by molar-refractivity contribution is 5.95. The zero-order chi connectivity index (χ0) is 12.8. The Hall–Kier alpha value is -2.11. The van der Waals surface area contributed by atoms with Crippen molar-refractivity contribution in [1.82, 2.24) is 0 Å². The number of carbonyl (C=O) groups is 1. The van der Waals surface area contributed by atoms with Crippen LogP contribution in [0.4, 0.5) is 11.4 Å². The number of benzene rings is 1. The number of hydrogen-bond donors (Lipinski definition) is 1. The molecule has 17 heavy (non-hydrogen) atoms. The number of unbranched alkanes of at least 4 members (excludes halogenated alkanes) is 1. The van der Waals surface area contributed by atoms with Gasteiger partial charge in [-0.1, -0.05) is 13.3 Å². The number of esters is 1. The van der Waals surface area contributed by atoms with Crippen LogP contribution in [-0.4, -0.2) is 17.5 Å². The van der Waals surface area contributed by atoms with Crippen LogP contribution in [0.2, 0.25) is 0 Å². The molecule has 0 saturated heterocycles. The smallest absolute Gasteiger partial charge is 0.340 e. The maximum atomic E-state index is 11.5. The van der Waals surface area contributed by atoms with Crippen molar-refractivity contribution in [3.05, 3.63) is 33.9 Å². The standard InChI is InChI=1S/C11H14N2O4/c1-2-3-6-17-11(14)9-5-4-8(13(15)16)7-10(9)12/h4-5,7H,2-3,6,12H2,1H3. The van der Waals surface area contributed by atoms with Gasteiger partial charge in [-0.2, -0.15) is 0 Å². The lowest BCUT2D eigenvalue weighted by Crippen LogP contribution is -2.09. The molecule has 0 amide bonds. The highest BCUT2D eigenvalue weighted by atomic mass is 16.6. The molecule has 1 rings (SSSR count). The van der Waals surface area contributed by atoms with Crippen LogP contribution >= 0.6 is 0 Å². The number of rotatable bonds is 5. The van der Waals surface area contributed by atoms with Gasteiger partial charge in [0.15, 0.2) is 0 Å². The summed E-state index contributed by atoms with van der Waals surface area (Å²) in [4.78, 5) is 21.5. The zero-order valence-corrected chi connectivity index (χ0v) is 9.51. The monoisotopic (exact) mass is 238 g/mol. The molecule has 0 unspecified atom stereocenters. The molecular formula is C11H14N2O4. The Morgan fingerprint density at radius 2 is 2.24 bits per heavy atom. The van der Waals surface area contributed by atoms with E-state index < -0.39 is 10.9 Å². The third kappa shape index (κ3) is 3.44. The highest BCUT2D eigenvalue weighted by Crippen LogP contribution is 2.20. The first-order valence-electron chi connectivity index (χ1n) is 5.27. The summed E-state index contributed by atoms with van der Waals surface area (Å²) < 4.78 is 4.96. The fourth-order valence-electron chi connectivity index (χ4n) is 1.24. The van der Waals surface area contributed by atoms with E-state index in [0.717, 1.165) is 18.9 Å². The quantitative estimate of drug-likeness (QED) is 0.279. The van der Waals surface area contributed by atoms with Crippen LogP contribution in [0.3, 0.4) is 0 Å². The molecule has 0 aliphatic carbocycles. The minimum absolute atomic E-state index is 0.0562. The first-order chi connectivity index (χ1) is 8.06. The minimum Gasteiger partial charge on any atom is -0.462 e. The van der Waals surface area contributed by atoms with Gasteiger partial charge < -0.3 is 10.5 Å². The average Bonchev–Trinajstić information content (AvgIpc) is 2.28. The Bertz CT molecular complexity index is 431. The van der Waals surface area contributed by atoms with Crippen molar-refractivity contribution in [2.45, 2.75) is 19.8 Å². The Kier molecular flexibility index (Phi) is 4.45. The van der Waals surface area contributed by atoms with Crippen molar-refractivity contribution in [2.24, 2.45) is 0 Å². The molecule has 0 spiro atoms. The van der Waals surface area contributed by atoms with Crippen molar-refractivity contribution in [3.8, 4) is 0 Å². The molecule has 0 atom stereocenters. The molecule has 6 nitrogen and oxygen atoms in total. The second-order valence-electron chi connectivity index (χ2n) is 3.52. The number of carbonyl (C=O) groups excluding carboxylic acids is 1. The summed E-state index contributed by atoms with van der Waals surface area (Å²) in [5, 5.41) is 10.5. The first-order valence-corrected chi connectivity index (χ1v) is 5.27. The van der Waals surface area contributed by atoms with Gasteiger partial charge in [0.2, 0.25) is 0 Å². The molecule has 0 saturated carbocycles. The number of nitro groups is 1. The van der Waals surface area contributed by atoms with Crippen LogP contribution in [0.1, 0.15) is 30.1 Å². The number of non-ortho nitro benzene ring substituents is 1. The highest BCUT2D eigenvalue weighted by Gasteiger charge is 2.14. The fraction of sp³-hybridized carbons (Fsp3) is 0.364. The molecule has 0 aliphatic rings. The molecule has 0 aromatic heterocycles. The Labute approximate surface area is 98.5 Å². The van der Waals surface area contributed by atoms with Crippen LogP contribution in [0.25, 0.3) is 0 Å². The zero-order valence-electron chi connectivity index (χ0n) is 9.51. The van der Waals surface area contributed by atoms with E-state index in [1.807, 2.05) is 6.92 Å². The number of hydrogen-bond acceptors (Lipinski definition) is 5. The van der Waals surface area contributed by atoms with Gasteiger partial charge in [0, 0.05) is 12.1 Å². The fourth-order valence-corrected chi connectivity index (χ4v) is 1.24. The van der Waals surface area contributed by atoms with Gasteiger partial charge in [-0.25, -0.2) is 4.79 Å². The molecular weight excluding hydrogens is 224 g/mol. The Balaban J connectivity index is 2.78. The van der Waals surface area contributed by atoms with E-state index in [1.54, 1.807) is 0 Å². The van der Waals surface area contributed by atoms with Gasteiger partial charge in [0.05, 0.1) is 22.8 Å². The molecule has 1 aromatic carbocycles. The van der Waals surface area contributed by atoms with Gasteiger partial charge in [0.25, 0.3) is 5.69 Å². The SMILES string of the molecule is CCCCOC(=O)c1ccc([N+](=O)[O-])cc1N. The van der Waals surface area contributed by atoms with Gasteiger partial charge in [-0.15, -0.1) is 0 Å². The lowest BCUT2D eigenvalue weighted by Gasteiger charge is -2.06. The lowest BCUT2D eigenvalue weighted by molar-refractivity contribution is -0.384. The van der Waals surface area contributed by atoms with E-state index >= 15 is 0 Å². The van der Waals surface area contributed by atoms with E-state index in [1.165, 1.54) is 12.1 Å². The van der Waals surface area contributed by atoms with E-state index in [-0.39, 0.29) is 16.9 Å². The number of nitro benzene ring substituents is 1. The van der Waals surface area contributed by atoms with Gasteiger partial charge in [-0.05, 0) is 12.5 Å². The third-order valence-corrected chi connectivity index (χ3v) is 2.20. The second-order valence-corrected chi connectivity index (χ2v) is 3.52. The molecule has 2 N–H and O–H groups in total. The maximum Gasteiger partial charge on any atom is 0.340 e. The molecule has 0 aliphatic heterocycles. The average molecular weight is 238 g/mol. The van der Waals surface area contributed by atoms with Gasteiger partial charge in [-0.3, -0.25) is 10.1 Å². The van der Waals surface area contributed by atoms with Crippen molar-refractivity contribution in [1.29, 1.82) is 0 Å². The Morgan fingerprint density at radius 1 is 1.53 bits per heavy atom. The van der Waals surface area contributed by atoms with E-state index in [0.29, 0.717) is 6.61 Å². The van der Waals surface area contributed by atoms with Crippen LogP contribution in [0.15, 0.2) is 18.2 Å². The number of nitrogens with two attached hydrogens (primary N) is 1. The van der Waals surface area contributed by atoms with Crippen LogP contribution in [0, 0.1) is 10.1 Å². The third-order valence-electron chi connectivity index (χ3n) is 2.20. The summed E-state index contributed by atoms with van der Waals surface area (Å²) in [7, 11) is 0. The minimum atomic E-state index is -0.567. The molecule has 0 radical (unpaired) electrons. The number of nitrogen functional groups attached to an aromatic ring is 1. The van der Waals surface area contributed by atoms with Crippen LogP contribution in [-0.2, 0) is 4.74 Å². The van der Waals surface area contributed by atoms with Crippen molar-refractivity contribution in [2.75, 3.05) is 12.3 Å². The van der Waals surface area contributed by atoms with Crippen molar-refractivity contribution in [3.63, 3.8) is 0 Å². The molecule has 1 aromatic rings. The van der Waals surface area contributed by atoms with E-state index in [4.69, 9.17) is 10.5 Å². The molecule has 0 fully saturated rings. The Morgan fingerprint density at radius 3 is 2.76 bits per heavy atom. The lowest BCUT2D eigenvalue weighted by atomic mass is 10.1. The van der Waals surface area contributed by atoms with Crippen molar-refractivity contribution >= 4 is 17.3 Å². The molecule has 6 heteroatoms. The van der Waals surface area contributed by atoms with Gasteiger partial charge in [0.1, 0.15) is 0 Å². The van der Waals surface area contributed by atoms with Gasteiger partial charge >= 0.3 is 5.97 Å². The molecule has 0 bridgehead atoms. The van der Waals surface area contributed by atoms with Crippen LogP contribution < -0.4 is 5.73 Å². The summed E-state index contributed by atoms with van der Waals surface area (Å²) in [6.45, 7) is 2.31. The normalized spacial score (nSPS) is 9.94. The predicted molar refractivity (Wildman–Crippen MR) is 62.7 cm³/mol. The van der Waals surface area contributed by atoms with Crippen LogP contribution in [0.5, 0.6) is 0 Å². The summed E-state index contributed by atoms with van der Waals surface area (Å²) in [5.74, 6) is -0.550. The maximum absolute atomic E-state index is 11.5. The number of anilines is 1. The van der Waals surface area contributed by atoms with E-state index in [2.05, 4.69) is 0 Å². The largest absolute Gasteiger partial charge is 0.462 e. The van der Waals surface area contributed by atoms with Crippen molar-refractivity contribution < 1.29 is 14.5 Å². The number of ether oxygens (including phenoxy) is 1. The second kappa shape index (κ2) is 5.83. The summed E-state index contributed by atoms with van der Waals surface area (Å²) >= 11 is 0.